The van der Waals surface area contributed by atoms with E-state index >= 15 is 0 Å². The Morgan fingerprint density at radius 1 is 0.818 bits per heavy atom. The van der Waals surface area contributed by atoms with E-state index in [2.05, 4.69) is 0 Å². The monoisotopic (exact) mass is 458 g/mol. The van der Waals surface area contributed by atoms with E-state index in [9.17, 15) is 14.4 Å². The van der Waals surface area contributed by atoms with E-state index in [0.717, 1.165) is 0 Å². The standard InChI is InChI=1S/C23H22O10/c1-27-16-7-3-14(4-8-16)20(24)32-18-19(23(13-29-22(18)26)30-11-12-31-23)33-21(25)15-5-9-17(28-2)10-6-15/h3-10,18-19H,11-13H2,1-2H3/t18-,19-/m0/s1. The fourth-order valence-corrected chi connectivity index (χ4v) is 3.49. The zero-order valence-corrected chi connectivity index (χ0v) is 18.0. The Hall–Kier alpha value is -3.63. The molecule has 4 rings (SSSR count). The second-order valence-electron chi connectivity index (χ2n) is 7.23. The lowest BCUT2D eigenvalue weighted by molar-refractivity contribution is -0.282. The Balaban J connectivity index is 1.58. The Bertz CT molecular complexity index is 1010. The number of ether oxygens (including phenoxy) is 7. The second-order valence-corrected chi connectivity index (χ2v) is 7.23. The molecule has 2 heterocycles. The Morgan fingerprint density at radius 3 is 1.79 bits per heavy atom. The van der Waals surface area contributed by atoms with Gasteiger partial charge in [0.1, 0.15) is 18.1 Å². The predicted octanol–water partition coefficient (Wildman–Crippen LogP) is 1.75. The fraction of sp³-hybridized carbons (Fsp3) is 0.348. The van der Waals surface area contributed by atoms with Crippen LogP contribution >= 0.6 is 0 Å². The first-order chi connectivity index (χ1) is 16.0. The summed E-state index contributed by atoms with van der Waals surface area (Å²) in [4.78, 5) is 38.2. The molecule has 2 aliphatic heterocycles. The maximum atomic E-state index is 12.9. The highest BCUT2D eigenvalue weighted by Crippen LogP contribution is 2.34. The van der Waals surface area contributed by atoms with Gasteiger partial charge in [-0.1, -0.05) is 0 Å². The van der Waals surface area contributed by atoms with Gasteiger partial charge in [0.15, 0.2) is 0 Å². The van der Waals surface area contributed by atoms with Crippen LogP contribution in [0.1, 0.15) is 20.7 Å². The third-order valence-electron chi connectivity index (χ3n) is 5.25. The lowest BCUT2D eigenvalue weighted by Gasteiger charge is -2.40. The van der Waals surface area contributed by atoms with E-state index in [-0.39, 0.29) is 30.9 Å². The molecular weight excluding hydrogens is 436 g/mol. The molecule has 2 fully saturated rings. The van der Waals surface area contributed by atoms with Crippen molar-refractivity contribution in [3.05, 3.63) is 59.7 Å². The fourth-order valence-electron chi connectivity index (χ4n) is 3.49. The highest BCUT2D eigenvalue weighted by atomic mass is 16.8. The largest absolute Gasteiger partial charge is 0.497 e. The molecule has 0 unspecified atom stereocenters. The molecule has 0 radical (unpaired) electrons. The van der Waals surface area contributed by atoms with Gasteiger partial charge in [0, 0.05) is 0 Å². The Kier molecular flexibility index (Phi) is 6.47. The third-order valence-corrected chi connectivity index (χ3v) is 5.25. The van der Waals surface area contributed by atoms with Crippen molar-refractivity contribution in [2.45, 2.75) is 18.0 Å². The van der Waals surface area contributed by atoms with E-state index < -0.39 is 35.9 Å². The number of rotatable bonds is 6. The van der Waals surface area contributed by atoms with Gasteiger partial charge in [-0.2, -0.15) is 0 Å². The van der Waals surface area contributed by atoms with E-state index in [4.69, 9.17) is 33.2 Å². The van der Waals surface area contributed by atoms with Gasteiger partial charge < -0.3 is 33.2 Å². The first-order valence-corrected chi connectivity index (χ1v) is 10.1. The molecule has 2 aromatic rings. The SMILES string of the molecule is COc1ccc(C(=O)O[C@@H]2C(=O)OCC3(OCCO3)[C@H]2OC(=O)c2ccc(OC)cc2)cc1. The summed E-state index contributed by atoms with van der Waals surface area (Å²) in [6.07, 6.45) is -2.99. The Morgan fingerprint density at radius 2 is 1.30 bits per heavy atom. The maximum Gasteiger partial charge on any atom is 0.351 e. The highest BCUT2D eigenvalue weighted by Gasteiger charge is 2.59. The van der Waals surface area contributed by atoms with Crippen molar-refractivity contribution in [3.8, 4) is 11.5 Å². The van der Waals surface area contributed by atoms with Gasteiger partial charge in [-0.3, -0.25) is 0 Å². The molecule has 174 valence electrons. The summed E-state index contributed by atoms with van der Waals surface area (Å²) < 4.78 is 37.7. The quantitative estimate of drug-likeness (QED) is 0.468. The van der Waals surface area contributed by atoms with Crippen molar-refractivity contribution in [2.75, 3.05) is 34.0 Å². The summed E-state index contributed by atoms with van der Waals surface area (Å²) in [5.41, 5.74) is 0.361. The molecular formula is C23H22O10. The predicted molar refractivity (Wildman–Crippen MR) is 110 cm³/mol. The van der Waals surface area contributed by atoms with Gasteiger partial charge in [0.2, 0.25) is 18.0 Å². The van der Waals surface area contributed by atoms with Gasteiger partial charge in [-0.15, -0.1) is 0 Å². The summed E-state index contributed by atoms with van der Waals surface area (Å²) in [7, 11) is 3.00. The second kappa shape index (κ2) is 9.47. The van der Waals surface area contributed by atoms with E-state index in [1.165, 1.54) is 38.5 Å². The van der Waals surface area contributed by atoms with Crippen LogP contribution in [0.3, 0.4) is 0 Å². The van der Waals surface area contributed by atoms with Crippen LogP contribution in [-0.4, -0.2) is 69.9 Å². The number of hydrogen-bond acceptors (Lipinski definition) is 10. The number of cyclic esters (lactones) is 1. The maximum absolute atomic E-state index is 12.9. The number of esters is 3. The topological polar surface area (TPSA) is 116 Å². The number of benzene rings is 2. The van der Waals surface area contributed by atoms with E-state index in [0.29, 0.717) is 11.5 Å². The number of methoxy groups -OCH3 is 2. The number of hydrogen-bond donors (Lipinski definition) is 0. The van der Waals surface area contributed by atoms with Crippen molar-refractivity contribution >= 4 is 17.9 Å². The number of carbonyl (C=O) groups is 3. The first-order valence-electron chi connectivity index (χ1n) is 10.1. The van der Waals surface area contributed by atoms with E-state index in [1.54, 1.807) is 24.3 Å². The average Bonchev–Trinajstić information content (AvgIpc) is 3.33. The minimum Gasteiger partial charge on any atom is -0.497 e. The van der Waals surface area contributed by atoms with Gasteiger partial charge in [0.25, 0.3) is 0 Å². The molecule has 0 amide bonds. The van der Waals surface area contributed by atoms with Gasteiger partial charge in [-0.25, -0.2) is 14.4 Å². The van der Waals surface area contributed by atoms with E-state index in [1.807, 2.05) is 0 Å². The molecule has 1 spiro atoms. The molecule has 2 atom stereocenters. The molecule has 0 saturated carbocycles. The van der Waals surface area contributed by atoms with Gasteiger partial charge >= 0.3 is 17.9 Å². The van der Waals surface area contributed by atoms with Gasteiger partial charge in [0.05, 0.1) is 38.6 Å². The van der Waals surface area contributed by atoms with Crippen molar-refractivity contribution < 1.29 is 47.5 Å². The summed E-state index contributed by atoms with van der Waals surface area (Å²) in [5.74, 6) is -2.95. The molecule has 0 aromatic heterocycles. The van der Waals surface area contributed by atoms with Crippen molar-refractivity contribution in [2.24, 2.45) is 0 Å². The highest BCUT2D eigenvalue weighted by molar-refractivity contribution is 5.93. The lowest BCUT2D eigenvalue weighted by atomic mass is 10.0. The van der Waals surface area contributed by atoms with Crippen LogP contribution < -0.4 is 9.47 Å². The van der Waals surface area contributed by atoms with Crippen LogP contribution in [0.5, 0.6) is 11.5 Å². The molecule has 10 heteroatoms. The van der Waals surface area contributed by atoms with Crippen LogP contribution in [0.2, 0.25) is 0 Å². The molecule has 2 aromatic carbocycles. The molecule has 0 aliphatic carbocycles. The summed E-state index contributed by atoms with van der Waals surface area (Å²) in [6.45, 7) is 0.0591. The average molecular weight is 458 g/mol. The molecule has 2 saturated heterocycles. The van der Waals surface area contributed by atoms with Crippen LogP contribution in [0.15, 0.2) is 48.5 Å². The molecule has 10 nitrogen and oxygen atoms in total. The smallest absolute Gasteiger partial charge is 0.351 e. The summed E-state index contributed by atoms with van der Waals surface area (Å²) in [6, 6.07) is 12.3. The van der Waals surface area contributed by atoms with Crippen molar-refractivity contribution in [1.29, 1.82) is 0 Å². The normalized spacial score (nSPS) is 21.2. The molecule has 33 heavy (non-hydrogen) atoms. The zero-order chi connectivity index (χ0) is 23.4. The lowest BCUT2D eigenvalue weighted by Crippen LogP contribution is -2.63. The first kappa shape index (κ1) is 22.6. The summed E-state index contributed by atoms with van der Waals surface area (Å²) in [5, 5.41) is 0. The molecule has 2 aliphatic rings. The van der Waals surface area contributed by atoms with Gasteiger partial charge in [-0.05, 0) is 48.5 Å². The zero-order valence-electron chi connectivity index (χ0n) is 18.0. The molecule has 0 bridgehead atoms. The molecule has 0 N–H and O–H groups in total. The Labute approximate surface area is 189 Å². The minimum absolute atomic E-state index is 0.164. The van der Waals surface area contributed by atoms with Crippen LogP contribution in [0, 0.1) is 0 Å². The van der Waals surface area contributed by atoms with Crippen molar-refractivity contribution in [1.82, 2.24) is 0 Å². The van der Waals surface area contributed by atoms with Crippen LogP contribution in [0.25, 0.3) is 0 Å². The number of carbonyl (C=O) groups excluding carboxylic acids is 3. The van der Waals surface area contributed by atoms with Crippen LogP contribution in [0.4, 0.5) is 0 Å². The van der Waals surface area contributed by atoms with Crippen molar-refractivity contribution in [3.63, 3.8) is 0 Å². The summed E-state index contributed by atoms with van der Waals surface area (Å²) >= 11 is 0. The third kappa shape index (κ3) is 4.62. The van der Waals surface area contributed by atoms with Crippen LogP contribution in [-0.2, 0) is 28.5 Å². The minimum atomic E-state index is -1.60.